The van der Waals surface area contributed by atoms with Crippen molar-refractivity contribution in [2.75, 3.05) is 13.2 Å². The van der Waals surface area contributed by atoms with E-state index in [4.69, 9.17) is 28.4 Å². The molecule has 0 aliphatic carbocycles. The van der Waals surface area contributed by atoms with Crippen molar-refractivity contribution in [3.05, 3.63) is 108 Å². The number of ether oxygens (including phenoxy) is 6. The molecule has 0 amide bonds. The molecule has 2 aliphatic rings. The first-order valence-electron chi connectivity index (χ1n) is 12.5. The summed E-state index contributed by atoms with van der Waals surface area (Å²) in [5, 5.41) is 0. The highest BCUT2D eigenvalue weighted by Gasteiger charge is 2.63. The zero-order valence-electron chi connectivity index (χ0n) is 20.9. The highest BCUT2D eigenvalue weighted by molar-refractivity contribution is 5.16. The minimum Gasteiger partial charge on any atom is -0.374 e. The SMILES string of the molecule is CC1(C)OCC2(OC(COCc3ccccc3)C(OCc3ccccc3)C2OCc2ccccc2)O1. The van der Waals surface area contributed by atoms with Gasteiger partial charge >= 0.3 is 0 Å². The van der Waals surface area contributed by atoms with Gasteiger partial charge in [-0.15, -0.1) is 0 Å². The summed E-state index contributed by atoms with van der Waals surface area (Å²) < 4.78 is 38.0. The molecule has 2 heterocycles. The van der Waals surface area contributed by atoms with Crippen LogP contribution in [0.2, 0.25) is 0 Å². The van der Waals surface area contributed by atoms with Crippen LogP contribution < -0.4 is 0 Å². The van der Waals surface area contributed by atoms with E-state index in [-0.39, 0.29) is 6.61 Å². The fraction of sp³-hybridized carbons (Fsp3) is 0.400. The molecule has 6 heteroatoms. The Hall–Kier alpha value is -2.58. The van der Waals surface area contributed by atoms with Crippen LogP contribution in [-0.2, 0) is 48.2 Å². The Morgan fingerprint density at radius 1 is 0.722 bits per heavy atom. The van der Waals surface area contributed by atoms with Crippen molar-refractivity contribution in [3.8, 4) is 0 Å². The minimum atomic E-state index is -1.08. The van der Waals surface area contributed by atoms with Crippen molar-refractivity contribution in [2.45, 2.75) is 63.6 Å². The molecule has 2 fully saturated rings. The van der Waals surface area contributed by atoms with Crippen LogP contribution in [0.1, 0.15) is 30.5 Å². The maximum Gasteiger partial charge on any atom is 0.224 e. The van der Waals surface area contributed by atoms with E-state index in [2.05, 4.69) is 0 Å². The highest BCUT2D eigenvalue weighted by Crippen LogP contribution is 2.44. The quantitative estimate of drug-likeness (QED) is 0.387. The maximum absolute atomic E-state index is 6.56. The van der Waals surface area contributed by atoms with Gasteiger partial charge in [0.2, 0.25) is 5.79 Å². The minimum absolute atomic E-state index is 0.250. The van der Waals surface area contributed by atoms with E-state index in [0.717, 1.165) is 16.7 Å². The molecular weight excluding hydrogens is 456 g/mol. The summed E-state index contributed by atoms with van der Waals surface area (Å²) in [6, 6.07) is 30.3. The van der Waals surface area contributed by atoms with Crippen LogP contribution in [-0.4, -0.2) is 43.1 Å². The predicted octanol–water partition coefficient (Wildman–Crippen LogP) is 5.25. The molecule has 0 radical (unpaired) electrons. The van der Waals surface area contributed by atoms with Crippen molar-refractivity contribution >= 4 is 0 Å². The van der Waals surface area contributed by atoms with Crippen LogP contribution >= 0.6 is 0 Å². The number of hydrogen-bond acceptors (Lipinski definition) is 6. The summed E-state index contributed by atoms with van der Waals surface area (Å²) in [4.78, 5) is 0. The standard InChI is InChI=1S/C30H34O6/c1-29(2)34-22-30(36-29)28(33-20-25-16-10-5-11-17-25)27(32-19-24-14-8-4-9-15-24)26(35-30)21-31-18-23-12-6-3-7-13-23/h3-17,26-28H,18-22H2,1-2H3. The first-order chi connectivity index (χ1) is 17.5. The van der Waals surface area contributed by atoms with E-state index in [1.165, 1.54) is 0 Å². The first kappa shape index (κ1) is 25.1. The van der Waals surface area contributed by atoms with Crippen LogP contribution in [0.25, 0.3) is 0 Å². The van der Waals surface area contributed by atoms with Crippen molar-refractivity contribution < 1.29 is 28.4 Å². The lowest BCUT2D eigenvalue weighted by Crippen LogP contribution is -2.48. The largest absolute Gasteiger partial charge is 0.374 e. The fourth-order valence-electron chi connectivity index (χ4n) is 4.72. The summed E-state index contributed by atoms with van der Waals surface area (Å²) in [5.41, 5.74) is 3.25. The topological polar surface area (TPSA) is 55.4 Å². The Labute approximate surface area is 213 Å². The van der Waals surface area contributed by atoms with Crippen molar-refractivity contribution in [2.24, 2.45) is 0 Å². The van der Waals surface area contributed by atoms with Gasteiger partial charge in [0.1, 0.15) is 24.9 Å². The molecule has 0 aromatic heterocycles. The molecule has 2 saturated heterocycles. The van der Waals surface area contributed by atoms with Crippen LogP contribution in [0.5, 0.6) is 0 Å². The van der Waals surface area contributed by atoms with Gasteiger partial charge in [0, 0.05) is 0 Å². The third-order valence-electron chi connectivity index (χ3n) is 6.44. The van der Waals surface area contributed by atoms with Gasteiger partial charge in [-0.2, -0.15) is 0 Å². The van der Waals surface area contributed by atoms with Crippen LogP contribution in [0.4, 0.5) is 0 Å². The lowest BCUT2D eigenvalue weighted by atomic mass is 10.0. The number of benzene rings is 3. The van der Waals surface area contributed by atoms with Gasteiger partial charge in [-0.25, -0.2) is 0 Å². The zero-order chi connectivity index (χ0) is 24.8. The molecule has 1 spiro atoms. The third-order valence-corrected chi connectivity index (χ3v) is 6.44. The molecule has 36 heavy (non-hydrogen) atoms. The van der Waals surface area contributed by atoms with Crippen LogP contribution in [0.15, 0.2) is 91.0 Å². The van der Waals surface area contributed by atoms with Crippen molar-refractivity contribution in [1.29, 1.82) is 0 Å². The van der Waals surface area contributed by atoms with E-state index in [1.54, 1.807) is 0 Å². The number of hydrogen-bond donors (Lipinski definition) is 0. The lowest BCUT2D eigenvalue weighted by Gasteiger charge is -2.31. The third kappa shape index (κ3) is 6.03. The lowest BCUT2D eigenvalue weighted by molar-refractivity contribution is -0.278. The second-order valence-electron chi connectivity index (χ2n) is 9.74. The average Bonchev–Trinajstić information content (AvgIpc) is 3.37. The molecule has 0 saturated carbocycles. The Morgan fingerprint density at radius 2 is 1.25 bits per heavy atom. The molecule has 2 aliphatic heterocycles. The summed E-state index contributed by atoms with van der Waals surface area (Å²) in [6.07, 6.45) is -1.31. The molecule has 190 valence electrons. The molecule has 6 nitrogen and oxygen atoms in total. The van der Waals surface area contributed by atoms with Gasteiger partial charge < -0.3 is 28.4 Å². The molecule has 4 unspecified atom stereocenters. The van der Waals surface area contributed by atoms with Gasteiger partial charge in [-0.1, -0.05) is 91.0 Å². The molecule has 0 N–H and O–H groups in total. The Kier molecular flexibility index (Phi) is 7.82. The summed E-state index contributed by atoms with van der Waals surface area (Å²) >= 11 is 0. The van der Waals surface area contributed by atoms with Crippen molar-refractivity contribution in [3.63, 3.8) is 0 Å². The molecule has 0 bridgehead atoms. The Bertz CT molecular complexity index is 1070. The molecule has 4 atom stereocenters. The average molecular weight is 491 g/mol. The second-order valence-corrected chi connectivity index (χ2v) is 9.74. The second kappa shape index (κ2) is 11.2. The molecule has 5 rings (SSSR count). The Morgan fingerprint density at radius 3 is 1.78 bits per heavy atom. The summed E-state index contributed by atoms with van der Waals surface area (Å²) in [6.45, 7) is 5.68. The normalized spacial score (nSPS) is 27.0. The summed E-state index contributed by atoms with van der Waals surface area (Å²) in [7, 11) is 0. The summed E-state index contributed by atoms with van der Waals surface area (Å²) in [5.74, 6) is -1.88. The van der Waals surface area contributed by atoms with Gasteiger partial charge in [-0.05, 0) is 30.5 Å². The molecular formula is C30H34O6. The van der Waals surface area contributed by atoms with E-state index in [9.17, 15) is 0 Å². The first-order valence-corrected chi connectivity index (χ1v) is 12.5. The van der Waals surface area contributed by atoms with E-state index in [0.29, 0.717) is 26.4 Å². The predicted molar refractivity (Wildman–Crippen MR) is 135 cm³/mol. The van der Waals surface area contributed by atoms with Gasteiger partial charge in [0.15, 0.2) is 5.79 Å². The van der Waals surface area contributed by atoms with E-state index >= 15 is 0 Å². The van der Waals surface area contributed by atoms with Gasteiger partial charge in [0.05, 0.1) is 26.4 Å². The molecule has 3 aromatic rings. The van der Waals surface area contributed by atoms with Gasteiger partial charge in [0.25, 0.3) is 0 Å². The maximum atomic E-state index is 6.56. The van der Waals surface area contributed by atoms with E-state index in [1.807, 2.05) is 105 Å². The van der Waals surface area contributed by atoms with Crippen LogP contribution in [0.3, 0.4) is 0 Å². The zero-order valence-corrected chi connectivity index (χ0v) is 20.9. The number of rotatable bonds is 10. The highest BCUT2D eigenvalue weighted by atomic mass is 16.9. The smallest absolute Gasteiger partial charge is 0.224 e. The Balaban J connectivity index is 1.36. The van der Waals surface area contributed by atoms with Crippen LogP contribution in [0, 0.1) is 0 Å². The molecule has 3 aromatic carbocycles. The van der Waals surface area contributed by atoms with Gasteiger partial charge in [-0.3, -0.25) is 0 Å². The fourth-order valence-corrected chi connectivity index (χ4v) is 4.72. The monoisotopic (exact) mass is 490 g/mol. The van der Waals surface area contributed by atoms with E-state index < -0.39 is 29.9 Å². The van der Waals surface area contributed by atoms with Crippen molar-refractivity contribution in [1.82, 2.24) is 0 Å².